The van der Waals surface area contributed by atoms with E-state index in [4.69, 9.17) is 0 Å². The first-order chi connectivity index (χ1) is 13.4. The molecule has 2 aromatic heterocycles. The van der Waals surface area contributed by atoms with Crippen LogP contribution in [0.25, 0.3) is 33.5 Å². The van der Waals surface area contributed by atoms with E-state index in [1.54, 1.807) is 0 Å². The summed E-state index contributed by atoms with van der Waals surface area (Å²) in [6, 6.07) is 12.1. The quantitative estimate of drug-likeness (QED) is 0.556. The monoisotopic (exact) mass is 401 g/mol. The molecule has 0 saturated heterocycles. The summed E-state index contributed by atoms with van der Waals surface area (Å²) in [6.07, 6.45) is -3.69. The van der Waals surface area contributed by atoms with E-state index in [0.29, 0.717) is 33.2 Å². The van der Waals surface area contributed by atoms with Gasteiger partial charge in [0, 0.05) is 23.3 Å². The van der Waals surface area contributed by atoms with Crippen molar-refractivity contribution >= 4 is 32.7 Å². The lowest BCUT2D eigenvalue weighted by atomic mass is 10.2. The Bertz CT molecular complexity index is 1230. The number of hydrogen-bond acceptors (Lipinski definition) is 5. The topological polar surface area (TPSA) is 77.1 Å². The van der Waals surface area contributed by atoms with Gasteiger partial charge in [-0.2, -0.15) is 0 Å². The minimum Gasteiger partial charge on any atom is -0.395 e. The zero-order valence-electron chi connectivity index (χ0n) is 14.5. The number of aromatic nitrogens is 3. The molecule has 1 aliphatic rings. The number of aromatic amines is 1. The molecule has 6 nitrogen and oxygen atoms in total. The van der Waals surface area contributed by atoms with Gasteiger partial charge in [-0.15, -0.1) is 8.78 Å². The molecule has 0 amide bonds. The van der Waals surface area contributed by atoms with Crippen molar-refractivity contribution in [3.63, 3.8) is 0 Å². The molecule has 3 heterocycles. The summed E-state index contributed by atoms with van der Waals surface area (Å²) >= 11 is 0. The number of imidazole rings is 1. The molecule has 1 aliphatic heterocycles. The third-order valence-electron chi connectivity index (χ3n) is 4.43. The van der Waals surface area contributed by atoms with Crippen molar-refractivity contribution in [2.45, 2.75) is 18.1 Å². The van der Waals surface area contributed by atoms with Crippen LogP contribution in [0, 0.1) is 0 Å². The highest BCUT2D eigenvalue weighted by atomic mass is 32.2. The van der Waals surface area contributed by atoms with Crippen molar-refractivity contribution in [3.8, 4) is 23.0 Å². The molecule has 28 heavy (non-hydrogen) atoms. The number of para-hydroxylation sites is 1. The van der Waals surface area contributed by atoms with Crippen LogP contribution in [-0.4, -0.2) is 31.2 Å². The number of fused-ring (bicyclic) bond motifs is 3. The second-order valence-corrected chi connectivity index (χ2v) is 7.94. The van der Waals surface area contributed by atoms with E-state index >= 15 is 0 Å². The first-order valence-corrected chi connectivity index (χ1v) is 9.83. The van der Waals surface area contributed by atoms with Gasteiger partial charge in [-0.25, -0.2) is 9.97 Å². The van der Waals surface area contributed by atoms with Crippen molar-refractivity contribution in [1.29, 1.82) is 0 Å². The summed E-state index contributed by atoms with van der Waals surface area (Å²) in [6.45, 7) is 1.83. The van der Waals surface area contributed by atoms with Crippen molar-refractivity contribution in [1.82, 2.24) is 15.0 Å². The lowest BCUT2D eigenvalue weighted by Crippen LogP contribution is -2.25. The third kappa shape index (κ3) is 2.70. The zero-order chi connectivity index (χ0) is 19.5. The number of pyridine rings is 1. The van der Waals surface area contributed by atoms with Gasteiger partial charge in [0.15, 0.2) is 17.3 Å². The van der Waals surface area contributed by atoms with Crippen LogP contribution in [0.15, 0.2) is 47.4 Å². The van der Waals surface area contributed by atoms with Crippen LogP contribution in [0.1, 0.15) is 6.92 Å². The number of H-pyrrole nitrogens is 1. The van der Waals surface area contributed by atoms with Gasteiger partial charge in [0.1, 0.15) is 5.69 Å². The Hall–Kier alpha value is -3.07. The minimum absolute atomic E-state index is 0.0727. The molecule has 0 saturated carbocycles. The van der Waals surface area contributed by atoms with E-state index in [9.17, 15) is 13.0 Å². The maximum absolute atomic E-state index is 13.2. The summed E-state index contributed by atoms with van der Waals surface area (Å²) in [7, 11) is -1.26. The molecule has 1 atom stereocenters. The summed E-state index contributed by atoms with van der Waals surface area (Å²) in [5.74, 6) is 0.669. The average Bonchev–Trinajstić information content (AvgIpc) is 3.21. The predicted molar refractivity (Wildman–Crippen MR) is 100.0 cm³/mol. The van der Waals surface area contributed by atoms with E-state index in [1.807, 2.05) is 37.3 Å². The Balaban J connectivity index is 1.69. The van der Waals surface area contributed by atoms with Crippen LogP contribution < -0.4 is 9.47 Å². The predicted octanol–water partition coefficient (Wildman–Crippen LogP) is 4.23. The van der Waals surface area contributed by atoms with Crippen molar-refractivity contribution < 1.29 is 22.5 Å². The highest BCUT2D eigenvalue weighted by Crippen LogP contribution is 2.43. The van der Waals surface area contributed by atoms with Gasteiger partial charge in [0.2, 0.25) is 0 Å². The molecular weight excluding hydrogens is 388 g/mol. The Kier molecular flexibility index (Phi) is 3.63. The molecule has 0 spiro atoms. The average molecular weight is 401 g/mol. The first kappa shape index (κ1) is 17.1. The van der Waals surface area contributed by atoms with Gasteiger partial charge < -0.3 is 14.5 Å². The van der Waals surface area contributed by atoms with Crippen LogP contribution in [0.5, 0.6) is 11.5 Å². The van der Waals surface area contributed by atoms with E-state index in [1.165, 1.54) is 12.1 Å². The van der Waals surface area contributed by atoms with E-state index < -0.39 is 17.1 Å². The highest BCUT2D eigenvalue weighted by Gasteiger charge is 2.43. The van der Waals surface area contributed by atoms with Crippen molar-refractivity contribution in [3.05, 3.63) is 42.5 Å². The molecule has 5 rings (SSSR count). The van der Waals surface area contributed by atoms with Gasteiger partial charge in [-0.1, -0.05) is 25.1 Å². The fourth-order valence-electron chi connectivity index (χ4n) is 3.16. The third-order valence-corrected chi connectivity index (χ3v) is 5.75. The number of rotatable bonds is 3. The van der Waals surface area contributed by atoms with Crippen LogP contribution >= 0.6 is 0 Å². The second-order valence-electron chi connectivity index (χ2n) is 6.23. The van der Waals surface area contributed by atoms with Crippen LogP contribution in [0.2, 0.25) is 0 Å². The SMILES string of the molecule is CCS(=O)c1cc2ccccc2nc1-c1nc2cc3c(cc2[nH]1)OC(F)(F)O3. The standard InChI is InChI=1S/C19H13F2N3O3S/c1-2-28(25)16-7-10-5-3-4-6-11(10)22-17(16)18-23-12-8-14-15(9-13(12)24-18)27-19(20,21)26-14/h3-9H,2H2,1H3,(H,23,24). The second kappa shape index (κ2) is 5.96. The Labute approximate surface area is 160 Å². The van der Waals surface area contributed by atoms with E-state index in [2.05, 4.69) is 24.4 Å². The number of hydrogen-bond donors (Lipinski definition) is 1. The molecule has 4 aromatic rings. The van der Waals surface area contributed by atoms with Crippen LogP contribution in [0.3, 0.4) is 0 Å². The molecule has 9 heteroatoms. The minimum atomic E-state index is -3.69. The number of alkyl halides is 2. The van der Waals surface area contributed by atoms with Gasteiger partial charge in [-0.3, -0.25) is 4.21 Å². The number of nitrogens with one attached hydrogen (secondary N) is 1. The van der Waals surface area contributed by atoms with Gasteiger partial charge in [0.05, 0.1) is 32.2 Å². The molecular formula is C19H13F2N3O3S. The number of nitrogens with zero attached hydrogens (tertiary/aromatic N) is 2. The molecule has 0 radical (unpaired) electrons. The zero-order valence-corrected chi connectivity index (χ0v) is 15.3. The molecule has 2 aromatic carbocycles. The normalized spacial score (nSPS) is 16.0. The Morgan fingerprint density at radius 2 is 1.82 bits per heavy atom. The van der Waals surface area contributed by atoms with Crippen molar-refractivity contribution in [2.24, 2.45) is 0 Å². The molecule has 0 aliphatic carbocycles. The van der Waals surface area contributed by atoms with Crippen molar-refractivity contribution in [2.75, 3.05) is 5.75 Å². The lowest BCUT2D eigenvalue weighted by molar-refractivity contribution is -0.286. The number of halogens is 2. The Morgan fingerprint density at radius 3 is 2.61 bits per heavy atom. The van der Waals surface area contributed by atoms with Crippen LogP contribution in [0.4, 0.5) is 8.78 Å². The lowest BCUT2D eigenvalue weighted by Gasteiger charge is -2.08. The summed E-state index contributed by atoms with van der Waals surface area (Å²) in [5.41, 5.74) is 2.10. The van der Waals surface area contributed by atoms with E-state index in [0.717, 1.165) is 10.9 Å². The summed E-state index contributed by atoms with van der Waals surface area (Å²) < 4.78 is 48.1. The van der Waals surface area contributed by atoms with E-state index in [-0.39, 0.29) is 11.5 Å². The summed E-state index contributed by atoms with van der Waals surface area (Å²) in [4.78, 5) is 12.7. The molecule has 0 fully saturated rings. The van der Waals surface area contributed by atoms with Gasteiger partial charge >= 0.3 is 6.29 Å². The molecule has 142 valence electrons. The molecule has 1 N–H and O–H groups in total. The largest absolute Gasteiger partial charge is 0.586 e. The first-order valence-electron chi connectivity index (χ1n) is 8.51. The number of ether oxygens (including phenoxy) is 2. The molecule has 0 bridgehead atoms. The Morgan fingerprint density at radius 1 is 1.07 bits per heavy atom. The maximum Gasteiger partial charge on any atom is 0.586 e. The van der Waals surface area contributed by atoms with Gasteiger partial charge in [-0.05, 0) is 12.1 Å². The smallest absolute Gasteiger partial charge is 0.395 e. The van der Waals surface area contributed by atoms with Gasteiger partial charge in [0.25, 0.3) is 0 Å². The fourth-order valence-corrected chi connectivity index (χ4v) is 4.09. The molecule has 1 unspecified atom stereocenters. The maximum atomic E-state index is 13.2. The summed E-state index contributed by atoms with van der Waals surface area (Å²) in [5, 5.41) is 0.877. The highest BCUT2D eigenvalue weighted by molar-refractivity contribution is 7.85. The fraction of sp³-hybridized carbons (Fsp3) is 0.158. The van der Waals surface area contributed by atoms with Crippen LogP contribution in [-0.2, 0) is 10.8 Å². The number of benzene rings is 2.